The first-order chi connectivity index (χ1) is 17.9. The van der Waals surface area contributed by atoms with Crippen molar-refractivity contribution < 1.29 is 19.0 Å². The van der Waals surface area contributed by atoms with Gasteiger partial charge in [0.1, 0.15) is 18.1 Å². The van der Waals surface area contributed by atoms with Crippen molar-refractivity contribution in [1.82, 2.24) is 4.90 Å². The van der Waals surface area contributed by atoms with Gasteiger partial charge in [-0.1, -0.05) is 34.1 Å². The van der Waals surface area contributed by atoms with Gasteiger partial charge >= 0.3 is 0 Å². The zero-order valence-corrected chi connectivity index (χ0v) is 22.9. The summed E-state index contributed by atoms with van der Waals surface area (Å²) < 4.78 is 17.7. The van der Waals surface area contributed by atoms with Crippen LogP contribution in [0.5, 0.6) is 17.2 Å². The highest BCUT2D eigenvalue weighted by Crippen LogP contribution is 2.37. The molecule has 0 N–H and O–H groups in total. The lowest BCUT2D eigenvalue weighted by Crippen LogP contribution is -2.31. The van der Waals surface area contributed by atoms with E-state index in [2.05, 4.69) is 22.0 Å². The fraction of sp³-hybridized carbons (Fsp3) is 0.179. The SMILES string of the molecule is CCOc1ccc(N2C(=O)/C(=C/c3cc(OC)c(OCc4ccccc4C#N)cc3Br)N(C)C2=S)cc1. The number of halogens is 1. The number of ether oxygens (including phenoxy) is 3. The van der Waals surface area contributed by atoms with Crippen molar-refractivity contribution in [2.24, 2.45) is 0 Å². The molecule has 0 radical (unpaired) electrons. The minimum absolute atomic E-state index is 0.208. The number of thiocarbonyl (C=S) groups is 1. The molecule has 1 amide bonds. The van der Waals surface area contributed by atoms with Crippen LogP contribution in [0.1, 0.15) is 23.6 Å². The van der Waals surface area contributed by atoms with Gasteiger partial charge in [-0.15, -0.1) is 0 Å². The Labute approximate surface area is 229 Å². The van der Waals surface area contributed by atoms with Crippen LogP contribution in [-0.4, -0.2) is 36.7 Å². The predicted octanol–water partition coefficient (Wildman–Crippen LogP) is 5.91. The molecule has 3 aromatic carbocycles. The van der Waals surface area contributed by atoms with Crippen molar-refractivity contribution in [3.05, 3.63) is 87.5 Å². The molecule has 37 heavy (non-hydrogen) atoms. The van der Waals surface area contributed by atoms with E-state index in [1.54, 1.807) is 43.3 Å². The number of carbonyl (C=O) groups is 1. The summed E-state index contributed by atoms with van der Waals surface area (Å²) in [7, 11) is 3.31. The summed E-state index contributed by atoms with van der Waals surface area (Å²) in [6.45, 7) is 2.68. The Kier molecular flexibility index (Phi) is 8.11. The fourth-order valence-electron chi connectivity index (χ4n) is 3.83. The smallest absolute Gasteiger partial charge is 0.281 e. The summed E-state index contributed by atoms with van der Waals surface area (Å²) in [5.74, 6) is 1.48. The Hall–Kier alpha value is -3.87. The Morgan fingerprint density at radius 3 is 2.49 bits per heavy atom. The Balaban J connectivity index is 1.60. The van der Waals surface area contributed by atoms with Gasteiger partial charge in [0.2, 0.25) is 0 Å². The van der Waals surface area contributed by atoms with Crippen molar-refractivity contribution in [2.75, 3.05) is 25.7 Å². The molecule has 1 aliphatic heterocycles. The zero-order valence-electron chi connectivity index (χ0n) is 20.5. The maximum absolute atomic E-state index is 13.4. The highest BCUT2D eigenvalue weighted by Gasteiger charge is 2.37. The highest BCUT2D eigenvalue weighted by molar-refractivity contribution is 9.10. The molecule has 3 aromatic rings. The molecule has 0 aliphatic carbocycles. The van der Waals surface area contributed by atoms with Crippen LogP contribution < -0.4 is 19.1 Å². The van der Waals surface area contributed by atoms with E-state index in [-0.39, 0.29) is 12.5 Å². The standard InChI is InChI=1S/C28H24BrN3O4S/c1-4-35-22-11-9-21(10-12-22)32-27(33)24(31(2)28(32)37)13-20-14-25(34-3)26(15-23(20)29)36-17-19-8-6-5-7-18(19)16-30/h5-15H,4,17H2,1-3H3/b24-13-. The van der Waals surface area contributed by atoms with Gasteiger partial charge in [-0.25, -0.2) is 0 Å². The predicted molar refractivity (Wildman–Crippen MR) is 150 cm³/mol. The first kappa shape index (κ1) is 26.2. The minimum atomic E-state index is -0.240. The van der Waals surface area contributed by atoms with Crippen LogP contribution in [0.2, 0.25) is 0 Å². The maximum atomic E-state index is 13.4. The molecule has 9 heteroatoms. The molecule has 1 saturated heterocycles. The van der Waals surface area contributed by atoms with E-state index in [0.717, 1.165) is 11.3 Å². The molecule has 1 heterocycles. The Morgan fingerprint density at radius 2 is 1.81 bits per heavy atom. The maximum Gasteiger partial charge on any atom is 0.281 e. The molecule has 0 atom stereocenters. The number of hydrogen-bond acceptors (Lipinski definition) is 6. The van der Waals surface area contributed by atoms with Crippen molar-refractivity contribution in [1.29, 1.82) is 5.26 Å². The Morgan fingerprint density at radius 1 is 1.08 bits per heavy atom. The molecule has 0 aromatic heterocycles. The number of nitrogens with zero attached hydrogens (tertiary/aromatic N) is 3. The molecule has 0 bridgehead atoms. The second kappa shape index (κ2) is 11.5. The summed E-state index contributed by atoms with van der Waals surface area (Å²) in [6.07, 6.45) is 1.75. The number of carbonyl (C=O) groups excluding carboxylic acids is 1. The number of benzene rings is 3. The number of rotatable bonds is 8. The second-order valence-corrected chi connectivity index (χ2v) is 9.24. The van der Waals surface area contributed by atoms with Crippen LogP contribution in [0.25, 0.3) is 6.08 Å². The van der Waals surface area contributed by atoms with Gasteiger partial charge in [0.15, 0.2) is 16.6 Å². The summed E-state index contributed by atoms with van der Waals surface area (Å²) in [5.41, 5.74) is 3.12. The molecule has 7 nitrogen and oxygen atoms in total. The lowest BCUT2D eigenvalue weighted by atomic mass is 10.1. The molecule has 0 spiro atoms. The highest BCUT2D eigenvalue weighted by atomic mass is 79.9. The largest absolute Gasteiger partial charge is 0.494 e. The van der Waals surface area contributed by atoms with Gasteiger partial charge in [-0.2, -0.15) is 5.26 Å². The molecule has 1 fully saturated rings. The average molecular weight is 578 g/mol. The van der Waals surface area contributed by atoms with Crippen LogP contribution in [0.4, 0.5) is 5.69 Å². The molecule has 4 rings (SSSR count). The Bertz CT molecular complexity index is 1420. The molecule has 0 saturated carbocycles. The van der Waals surface area contributed by atoms with Crippen molar-refractivity contribution in [2.45, 2.75) is 13.5 Å². The monoisotopic (exact) mass is 577 g/mol. The van der Waals surface area contributed by atoms with Crippen LogP contribution in [-0.2, 0) is 11.4 Å². The van der Waals surface area contributed by atoms with Crippen LogP contribution >= 0.6 is 28.1 Å². The molecular weight excluding hydrogens is 554 g/mol. The van der Waals surface area contributed by atoms with Gasteiger partial charge in [-0.05, 0) is 73.2 Å². The number of hydrogen-bond donors (Lipinski definition) is 0. The van der Waals surface area contributed by atoms with Gasteiger partial charge in [0, 0.05) is 17.1 Å². The van der Waals surface area contributed by atoms with E-state index < -0.39 is 0 Å². The summed E-state index contributed by atoms with van der Waals surface area (Å²) in [6, 6.07) is 20.2. The van der Waals surface area contributed by atoms with E-state index in [4.69, 9.17) is 26.4 Å². The average Bonchev–Trinajstić information content (AvgIpc) is 3.12. The summed E-state index contributed by atoms with van der Waals surface area (Å²) in [4.78, 5) is 16.6. The third-order valence-corrected chi connectivity index (χ3v) is 6.91. The molecule has 188 valence electrons. The second-order valence-electron chi connectivity index (χ2n) is 8.02. The van der Waals surface area contributed by atoms with Gasteiger partial charge in [0.05, 0.1) is 31.0 Å². The van der Waals surface area contributed by atoms with Crippen LogP contribution in [0, 0.1) is 11.3 Å². The number of anilines is 1. The van der Waals surface area contributed by atoms with Crippen molar-refractivity contribution in [3.63, 3.8) is 0 Å². The quantitative estimate of drug-likeness (QED) is 0.243. The first-order valence-corrected chi connectivity index (χ1v) is 12.6. The summed E-state index contributed by atoms with van der Waals surface area (Å²) in [5, 5.41) is 9.70. The van der Waals surface area contributed by atoms with Gasteiger partial charge in [-0.3, -0.25) is 9.69 Å². The normalized spacial score (nSPS) is 14.2. The van der Waals surface area contributed by atoms with Crippen LogP contribution in [0.15, 0.2) is 70.8 Å². The summed E-state index contributed by atoms with van der Waals surface area (Å²) >= 11 is 9.17. The third-order valence-electron chi connectivity index (χ3n) is 5.76. The van der Waals surface area contributed by atoms with E-state index in [9.17, 15) is 10.1 Å². The van der Waals surface area contributed by atoms with E-state index in [1.807, 2.05) is 49.4 Å². The van der Waals surface area contributed by atoms with Gasteiger partial charge in [0.25, 0.3) is 5.91 Å². The van der Waals surface area contributed by atoms with E-state index in [1.165, 1.54) is 4.90 Å². The molecule has 1 aliphatic rings. The zero-order chi connectivity index (χ0) is 26.5. The van der Waals surface area contributed by atoms with Crippen LogP contribution in [0.3, 0.4) is 0 Å². The number of amides is 1. The lowest BCUT2D eigenvalue weighted by molar-refractivity contribution is -0.114. The molecular formula is C28H24BrN3O4S. The van der Waals surface area contributed by atoms with Crippen molar-refractivity contribution >= 4 is 50.9 Å². The molecule has 0 unspecified atom stereocenters. The van der Waals surface area contributed by atoms with E-state index in [0.29, 0.717) is 50.2 Å². The topological polar surface area (TPSA) is 75.0 Å². The minimum Gasteiger partial charge on any atom is -0.494 e. The number of methoxy groups -OCH3 is 1. The lowest BCUT2D eigenvalue weighted by Gasteiger charge is -2.16. The first-order valence-electron chi connectivity index (χ1n) is 11.4. The number of nitriles is 1. The van der Waals surface area contributed by atoms with Crippen molar-refractivity contribution in [3.8, 4) is 23.3 Å². The number of likely N-dealkylation sites (N-methyl/N-ethyl adjacent to an activating group) is 1. The third kappa shape index (κ3) is 5.45. The van der Waals surface area contributed by atoms with E-state index >= 15 is 0 Å². The van der Waals surface area contributed by atoms with Gasteiger partial charge < -0.3 is 19.1 Å². The fourth-order valence-corrected chi connectivity index (χ4v) is 4.56.